The van der Waals surface area contributed by atoms with Crippen molar-refractivity contribution in [2.24, 2.45) is 5.73 Å². The number of hydrogen-bond acceptors (Lipinski definition) is 3. The molecule has 0 aliphatic rings. The minimum absolute atomic E-state index is 0.131. The summed E-state index contributed by atoms with van der Waals surface area (Å²) in [5, 5.41) is 7.05. The number of hydrogen-bond donors (Lipinski definition) is 2. The molecule has 0 saturated heterocycles. The number of benzene rings is 1. The molecule has 2 aromatic rings. The Labute approximate surface area is 114 Å². The quantitative estimate of drug-likeness (QED) is 0.889. The van der Waals surface area contributed by atoms with E-state index < -0.39 is 0 Å². The summed E-state index contributed by atoms with van der Waals surface area (Å²) in [6.45, 7) is 8.53. The highest BCUT2D eigenvalue weighted by Gasteiger charge is 2.13. The third-order valence-corrected chi connectivity index (χ3v) is 3.15. The van der Waals surface area contributed by atoms with Gasteiger partial charge >= 0.3 is 0 Å². The van der Waals surface area contributed by atoms with Crippen molar-refractivity contribution in [3.05, 3.63) is 47.0 Å². The Morgan fingerprint density at radius 3 is 2.32 bits per heavy atom. The van der Waals surface area contributed by atoms with E-state index in [1.807, 2.05) is 6.92 Å². The monoisotopic (exact) mass is 258 g/mol. The fourth-order valence-corrected chi connectivity index (χ4v) is 1.91. The zero-order valence-electron chi connectivity index (χ0n) is 12.1. The number of rotatable bonds is 3. The van der Waals surface area contributed by atoms with Gasteiger partial charge in [0.05, 0.1) is 6.04 Å². The molecular weight excluding hydrogens is 236 g/mol. The molecule has 0 amide bonds. The molecule has 4 heteroatoms. The summed E-state index contributed by atoms with van der Waals surface area (Å²) in [7, 11) is 0. The van der Waals surface area contributed by atoms with Crippen LogP contribution in [-0.4, -0.2) is 15.2 Å². The van der Waals surface area contributed by atoms with Crippen molar-refractivity contribution in [1.82, 2.24) is 15.2 Å². The Balaban J connectivity index is 2.11. The fourth-order valence-electron chi connectivity index (χ4n) is 1.91. The van der Waals surface area contributed by atoms with Gasteiger partial charge in [0.2, 0.25) is 0 Å². The Morgan fingerprint density at radius 1 is 1.21 bits per heavy atom. The van der Waals surface area contributed by atoms with E-state index >= 15 is 0 Å². The Morgan fingerprint density at radius 2 is 1.84 bits per heavy atom. The van der Waals surface area contributed by atoms with Crippen molar-refractivity contribution in [2.45, 2.75) is 45.6 Å². The van der Waals surface area contributed by atoms with Crippen LogP contribution in [0.4, 0.5) is 0 Å². The molecule has 0 fully saturated rings. The van der Waals surface area contributed by atoms with Crippen LogP contribution in [0.2, 0.25) is 0 Å². The molecule has 19 heavy (non-hydrogen) atoms. The molecule has 4 nitrogen and oxygen atoms in total. The predicted octanol–water partition coefficient (Wildman–Crippen LogP) is 2.71. The molecule has 1 aromatic heterocycles. The number of aromatic nitrogens is 3. The first-order valence-electron chi connectivity index (χ1n) is 6.62. The molecule has 1 aromatic carbocycles. The molecule has 0 saturated carbocycles. The van der Waals surface area contributed by atoms with Crippen molar-refractivity contribution < 1.29 is 0 Å². The first-order chi connectivity index (χ1) is 8.86. The lowest BCUT2D eigenvalue weighted by Gasteiger charge is -2.19. The van der Waals surface area contributed by atoms with Crippen molar-refractivity contribution >= 4 is 0 Å². The van der Waals surface area contributed by atoms with Gasteiger partial charge in [-0.05, 0) is 23.5 Å². The molecule has 102 valence electrons. The molecule has 0 radical (unpaired) electrons. The van der Waals surface area contributed by atoms with E-state index in [1.165, 1.54) is 11.1 Å². The molecule has 1 atom stereocenters. The highest BCUT2D eigenvalue weighted by molar-refractivity contribution is 5.29. The molecule has 1 heterocycles. The Kier molecular flexibility index (Phi) is 3.71. The van der Waals surface area contributed by atoms with Crippen molar-refractivity contribution in [3.8, 4) is 0 Å². The number of H-pyrrole nitrogens is 1. The van der Waals surface area contributed by atoms with Crippen LogP contribution in [0.25, 0.3) is 0 Å². The van der Waals surface area contributed by atoms with E-state index in [2.05, 4.69) is 60.2 Å². The largest absolute Gasteiger partial charge is 0.321 e. The van der Waals surface area contributed by atoms with Crippen LogP contribution >= 0.6 is 0 Å². The number of nitrogens with one attached hydrogen (secondary N) is 1. The van der Waals surface area contributed by atoms with Gasteiger partial charge in [-0.15, -0.1) is 0 Å². The van der Waals surface area contributed by atoms with Gasteiger partial charge in [0.25, 0.3) is 0 Å². The maximum absolute atomic E-state index is 5.74. The number of nitrogens with two attached hydrogens (primary N) is 1. The first-order valence-corrected chi connectivity index (χ1v) is 6.62. The van der Waals surface area contributed by atoms with Gasteiger partial charge < -0.3 is 5.73 Å². The summed E-state index contributed by atoms with van der Waals surface area (Å²) in [6.07, 6.45) is 0.754. The van der Waals surface area contributed by atoms with Crippen LogP contribution in [-0.2, 0) is 11.8 Å². The van der Waals surface area contributed by atoms with Gasteiger partial charge in [0.1, 0.15) is 5.82 Å². The second-order valence-corrected chi connectivity index (χ2v) is 6.05. The SMILES string of the molecule is CC(N)c1n[nH]c(Cc2ccc(C(C)(C)C)cc2)n1. The Hall–Kier alpha value is -1.68. The summed E-state index contributed by atoms with van der Waals surface area (Å²) < 4.78 is 0. The summed E-state index contributed by atoms with van der Waals surface area (Å²) in [6, 6.07) is 8.52. The van der Waals surface area contributed by atoms with Gasteiger partial charge in [0, 0.05) is 6.42 Å². The fraction of sp³-hybridized carbons (Fsp3) is 0.467. The van der Waals surface area contributed by atoms with E-state index in [0.29, 0.717) is 5.82 Å². The topological polar surface area (TPSA) is 67.6 Å². The summed E-state index contributed by atoms with van der Waals surface area (Å²) in [4.78, 5) is 4.38. The summed E-state index contributed by atoms with van der Waals surface area (Å²) >= 11 is 0. The zero-order valence-corrected chi connectivity index (χ0v) is 12.1. The molecule has 0 bridgehead atoms. The van der Waals surface area contributed by atoms with E-state index in [1.54, 1.807) is 0 Å². The molecule has 0 spiro atoms. The van der Waals surface area contributed by atoms with Crippen LogP contribution in [0.5, 0.6) is 0 Å². The smallest absolute Gasteiger partial charge is 0.167 e. The number of nitrogens with zero attached hydrogens (tertiary/aromatic N) is 2. The second-order valence-electron chi connectivity index (χ2n) is 6.05. The minimum atomic E-state index is -0.131. The predicted molar refractivity (Wildman–Crippen MR) is 76.9 cm³/mol. The van der Waals surface area contributed by atoms with Crippen LogP contribution in [0, 0.1) is 0 Å². The average molecular weight is 258 g/mol. The average Bonchev–Trinajstić information content (AvgIpc) is 2.77. The van der Waals surface area contributed by atoms with E-state index in [4.69, 9.17) is 5.73 Å². The van der Waals surface area contributed by atoms with Gasteiger partial charge in [-0.2, -0.15) is 5.10 Å². The molecule has 2 rings (SSSR count). The lowest BCUT2D eigenvalue weighted by molar-refractivity contribution is 0.590. The van der Waals surface area contributed by atoms with Crippen LogP contribution in [0.3, 0.4) is 0 Å². The third-order valence-electron chi connectivity index (χ3n) is 3.15. The second kappa shape index (κ2) is 5.13. The molecule has 1 unspecified atom stereocenters. The summed E-state index contributed by atoms with van der Waals surface area (Å²) in [5.41, 5.74) is 8.49. The first kappa shape index (κ1) is 13.7. The van der Waals surface area contributed by atoms with Gasteiger partial charge in [-0.25, -0.2) is 4.98 Å². The van der Waals surface area contributed by atoms with Crippen LogP contribution in [0.15, 0.2) is 24.3 Å². The van der Waals surface area contributed by atoms with Crippen LogP contribution in [0.1, 0.15) is 56.5 Å². The molecule has 3 N–H and O–H groups in total. The van der Waals surface area contributed by atoms with Crippen molar-refractivity contribution in [1.29, 1.82) is 0 Å². The van der Waals surface area contributed by atoms with Gasteiger partial charge in [-0.1, -0.05) is 45.0 Å². The maximum atomic E-state index is 5.74. The van der Waals surface area contributed by atoms with Gasteiger partial charge in [-0.3, -0.25) is 5.10 Å². The Bertz CT molecular complexity index is 532. The highest BCUT2D eigenvalue weighted by atomic mass is 15.2. The van der Waals surface area contributed by atoms with Crippen LogP contribution < -0.4 is 5.73 Å². The van der Waals surface area contributed by atoms with Crippen molar-refractivity contribution in [3.63, 3.8) is 0 Å². The van der Waals surface area contributed by atoms with E-state index in [9.17, 15) is 0 Å². The highest BCUT2D eigenvalue weighted by Crippen LogP contribution is 2.22. The summed E-state index contributed by atoms with van der Waals surface area (Å²) in [5.74, 6) is 1.53. The standard InChI is InChI=1S/C15H22N4/c1-10(16)14-17-13(18-19-14)9-11-5-7-12(8-6-11)15(2,3)4/h5-8,10H,9,16H2,1-4H3,(H,17,18,19). The van der Waals surface area contributed by atoms with E-state index in [0.717, 1.165) is 12.2 Å². The van der Waals surface area contributed by atoms with Gasteiger partial charge in [0.15, 0.2) is 5.82 Å². The normalized spacial score (nSPS) is 13.5. The lowest BCUT2D eigenvalue weighted by atomic mass is 9.86. The van der Waals surface area contributed by atoms with E-state index in [-0.39, 0.29) is 11.5 Å². The number of aromatic amines is 1. The third kappa shape index (κ3) is 3.41. The maximum Gasteiger partial charge on any atom is 0.167 e. The minimum Gasteiger partial charge on any atom is -0.321 e. The van der Waals surface area contributed by atoms with Crippen molar-refractivity contribution in [2.75, 3.05) is 0 Å². The molecule has 0 aliphatic carbocycles. The molecule has 0 aliphatic heterocycles. The zero-order chi connectivity index (χ0) is 14.0. The molecular formula is C15H22N4. The lowest BCUT2D eigenvalue weighted by Crippen LogP contribution is -2.10.